The van der Waals surface area contributed by atoms with E-state index < -0.39 is 0 Å². The van der Waals surface area contributed by atoms with Crippen LogP contribution < -0.4 is 16.2 Å². The molecule has 0 aromatic carbocycles. The molecule has 2 heterocycles. The maximum Gasteiger partial charge on any atom is 0.269 e. The molecule has 0 fully saturated rings. The molecule has 1 amide bonds. The van der Waals surface area contributed by atoms with E-state index >= 15 is 0 Å². The first-order valence-electron chi connectivity index (χ1n) is 6.82. The number of anilines is 1. The molecule has 6 heteroatoms. The van der Waals surface area contributed by atoms with E-state index in [1.54, 1.807) is 0 Å². The minimum absolute atomic E-state index is 0.00414. The fraction of sp³-hybridized carbons (Fsp3) is 0.615. The van der Waals surface area contributed by atoms with Crippen LogP contribution >= 0.6 is 0 Å². The van der Waals surface area contributed by atoms with Crippen LogP contribution in [-0.2, 0) is 17.8 Å². The van der Waals surface area contributed by atoms with Gasteiger partial charge in [-0.05, 0) is 19.3 Å². The number of carbonyl (C=O) groups is 1. The number of aryl methyl sites for hydroxylation is 1. The summed E-state index contributed by atoms with van der Waals surface area (Å²) in [6.45, 7) is 3.58. The van der Waals surface area contributed by atoms with Crippen LogP contribution in [0.5, 0.6) is 0 Å². The Morgan fingerprint density at radius 2 is 2.42 bits per heavy atom. The van der Waals surface area contributed by atoms with E-state index in [1.807, 2.05) is 0 Å². The molecular weight excluding hydrogens is 244 g/mol. The van der Waals surface area contributed by atoms with Crippen molar-refractivity contribution in [3.05, 3.63) is 22.1 Å². The zero-order valence-corrected chi connectivity index (χ0v) is 11.2. The number of hydrogen-bond acceptors (Lipinski definition) is 4. The van der Waals surface area contributed by atoms with Crippen LogP contribution in [0, 0.1) is 0 Å². The number of fused-ring (bicyclic) bond motifs is 1. The molecular formula is C13H20N4O2. The quantitative estimate of drug-likeness (QED) is 0.760. The molecule has 104 valence electrons. The lowest BCUT2D eigenvalue weighted by molar-refractivity contribution is -0.121. The lowest BCUT2D eigenvalue weighted by Crippen LogP contribution is -2.35. The van der Waals surface area contributed by atoms with Gasteiger partial charge in [0.1, 0.15) is 6.54 Å². The number of hydrogen-bond donors (Lipinski definition) is 2. The van der Waals surface area contributed by atoms with Crippen LogP contribution in [0.25, 0.3) is 0 Å². The molecule has 0 unspecified atom stereocenters. The molecule has 0 bridgehead atoms. The van der Waals surface area contributed by atoms with Crippen LogP contribution in [0.4, 0.5) is 5.69 Å². The molecule has 0 saturated carbocycles. The van der Waals surface area contributed by atoms with E-state index in [0.29, 0.717) is 6.54 Å². The van der Waals surface area contributed by atoms with Gasteiger partial charge in [0.15, 0.2) is 0 Å². The van der Waals surface area contributed by atoms with Crippen molar-refractivity contribution >= 4 is 11.6 Å². The maximum absolute atomic E-state index is 11.8. The first kappa shape index (κ1) is 13.6. The highest BCUT2D eigenvalue weighted by Crippen LogP contribution is 2.16. The SMILES string of the molecule is CCCCNC(=O)Cn1nc2c(cc1=O)NCCC2. The average molecular weight is 264 g/mol. The smallest absolute Gasteiger partial charge is 0.269 e. The highest BCUT2D eigenvalue weighted by atomic mass is 16.2. The Balaban J connectivity index is 2.04. The topological polar surface area (TPSA) is 76.0 Å². The molecule has 1 aromatic rings. The molecule has 2 rings (SSSR count). The van der Waals surface area contributed by atoms with Gasteiger partial charge in [-0.25, -0.2) is 4.68 Å². The Morgan fingerprint density at radius 1 is 1.58 bits per heavy atom. The molecule has 0 aliphatic carbocycles. The highest BCUT2D eigenvalue weighted by Gasteiger charge is 2.13. The van der Waals surface area contributed by atoms with Gasteiger partial charge in [-0.15, -0.1) is 0 Å². The predicted octanol–water partition coefficient (Wildman–Crippen LogP) is 0.518. The summed E-state index contributed by atoms with van der Waals surface area (Å²) in [6, 6.07) is 1.53. The van der Waals surface area contributed by atoms with Gasteiger partial charge in [0.2, 0.25) is 5.91 Å². The summed E-state index contributed by atoms with van der Waals surface area (Å²) < 4.78 is 1.24. The van der Waals surface area contributed by atoms with E-state index in [4.69, 9.17) is 0 Å². The zero-order valence-electron chi connectivity index (χ0n) is 11.2. The number of nitrogens with zero attached hydrogens (tertiary/aromatic N) is 2. The van der Waals surface area contributed by atoms with Gasteiger partial charge in [-0.2, -0.15) is 5.10 Å². The lowest BCUT2D eigenvalue weighted by atomic mass is 10.1. The van der Waals surface area contributed by atoms with E-state index in [-0.39, 0.29) is 18.0 Å². The molecule has 1 aromatic heterocycles. The van der Waals surface area contributed by atoms with Crippen molar-refractivity contribution in [2.45, 2.75) is 39.2 Å². The van der Waals surface area contributed by atoms with Crippen molar-refractivity contribution in [2.24, 2.45) is 0 Å². The third-order valence-electron chi connectivity index (χ3n) is 3.13. The molecule has 1 aliphatic rings. The Hall–Kier alpha value is -1.85. The van der Waals surface area contributed by atoms with E-state index in [9.17, 15) is 9.59 Å². The second-order valence-corrected chi connectivity index (χ2v) is 4.73. The van der Waals surface area contributed by atoms with E-state index in [2.05, 4.69) is 22.7 Å². The molecule has 1 aliphatic heterocycles. The van der Waals surface area contributed by atoms with Gasteiger partial charge in [0.05, 0.1) is 11.4 Å². The monoisotopic (exact) mass is 264 g/mol. The summed E-state index contributed by atoms with van der Waals surface area (Å²) in [5.74, 6) is -0.160. The van der Waals surface area contributed by atoms with Crippen molar-refractivity contribution in [1.29, 1.82) is 0 Å². The van der Waals surface area contributed by atoms with Crippen molar-refractivity contribution in [3.63, 3.8) is 0 Å². The summed E-state index contributed by atoms with van der Waals surface area (Å²) in [5.41, 5.74) is 1.44. The number of unbranched alkanes of at least 4 members (excludes halogenated alkanes) is 1. The summed E-state index contributed by atoms with van der Waals surface area (Å²) in [7, 11) is 0. The molecule has 2 N–H and O–H groups in total. The second-order valence-electron chi connectivity index (χ2n) is 4.73. The number of rotatable bonds is 5. The van der Waals surface area contributed by atoms with Crippen LogP contribution in [-0.4, -0.2) is 28.8 Å². The Labute approximate surface area is 112 Å². The van der Waals surface area contributed by atoms with Crippen molar-refractivity contribution < 1.29 is 4.79 Å². The minimum atomic E-state index is -0.237. The van der Waals surface area contributed by atoms with Crippen LogP contribution in [0.15, 0.2) is 10.9 Å². The zero-order chi connectivity index (χ0) is 13.7. The van der Waals surface area contributed by atoms with Gasteiger partial charge < -0.3 is 10.6 Å². The Kier molecular flexibility index (Phi) is 4.54. The molecule has 0 saturated heterocycles. The number of nitrogens with one attached hydrogen (secondary N) is 2. The largest absolute Gasteiger partial charge is 0.383 e. The standard InChI is InChI=1S/C13H20N4O2/c1-2-3-6-15-12(18)9-17-13(19)8-11-10(16-17)5-4-7-14-11/h8,14H,2-7,9H2,1H3,(H,15,18). The fourth-order valence-electron chi connectivity index (χ4n) is 2.06. The third-order valence-corrected chi connectivity index (χ3v) is 3.13. The van der Waals surface area contributed by atoms with Gasteiger partial charge in [0, 0.05) is 19.2 Å². The van der Waals surface area contributed by atoms with Gasteiger partial charge in [-0.3, -0.25) is 9.59 Å². The number of amides is 1. The molecule has 19 heavy (non-hydrogen) atoms. The van der Waals surface area contributed by atoms with Gasteiger partial charge in [-0.1, -0.05) is 13.3 Å². The predicted molar refractivity (Wildman–Crippen MR) is 73.2 cm³/mol. The number of aromatic nitrogens is 2. The highest BCUT2D eigenvalue weighted by molar-refractivity contribution is 5.75. The third kappa shape index (κ3) is 3.56. The van der Waals surface area contributed by atoms with Crippen LogP contribution in [0.2, 0.25) is 0 Å². The van der Waals surface area contributed by atoms with Gasteiger partial charge >= 0.3 is 0 Å². The average Bonchev–Trinajstić information content (AvgIpc) is 2.40. The summed E-state index contributed by atoms with van der Waals surface area (Å²) >= 11 is 0. The molecule has 6 nitrogen and oxygen atoms in total. The van der Waals surface area contributed by atoms with E-state index in [1.165, 1.54) is 10.7 Å². The van der Waals surface area contributed by atoms with Crippen LogP contribution in [0.1, 0.15) is 31.9 Å². The van der Waals surface area contributed by atoms with Gasteiger partial charge in [0.25, 0.3) is 5.56 Å². The van der Waals surface area contributed by atoms with Crippen molar-refractivity contribution in [2.75, 3.05) is 18.4 Å². The summed E-state index contributed by atoms with van der Waals surface area (Å²) in [4.78, 5) is 23.5. The fourth-order valence-corrected chi connectivity index (χ4v) is 2.06. The van der Waals surface area contributed by atoms with Crippen molar-refractivity contribution in [1.82, 2.24) is 15.1 Å². The van der Waals surface area contributed by atoms with Crippen molar-refractivity contribution in [3.8, 4) is 0 Å². The molecule has 0 radical (unpaired) electrons. The minimum Gasteiger partial charge on any atom is -0.383 e. The second kappa shape index (κ2) is 6.36. The Bertz CT molecular complexity index is 510. The maximum atomic E-state index is 11.8. The molecule has 0 atom stereocenters. The summed E-state index contributed by atoms with van der Waals surface area (Å²) in [6.07, 6.45) is 3.83. The Morgan fingerprint density at radius 3 is 3.21 bits per heavy atom. The molecule has 0 spiro atoms. The first-order valence-corrected chi connectivity index (χ1v) is 6.82. The summed E-state index contributed by atoms with van der Waals surface area (Å²) in [5, 5.41) is 10.2. The van der Waals surface area contributed by atoms with Crippen LogP contribution in [0.3, 0.4) is 0 Å². The van der Waals surface area contributed by atoms with E-state index in [0.717, 1.165) is 43.6 Å². The lowest BCUT2D eigenvalue weighted by Gasteiger charge is -2.17. The normalized spacial score (nSPS) is 13.5. The first-order chi connectivity index (χ1) is 9.20. The number of carbonyl (C=O) groups excluding carboxylic acids is 1.